The van der Waals surface area contributed by atoms with Crippen molar-refractivity contribution >= 4 is 11.6 Å². The first-order chi connectivity index (χ1) is 7.33. The summed E-state index contributed by atoms with van der Waals surface area (Å²) in [5.74, 6) is 0. The largest absolute Gasteiger partial charge is 0.416 e. The Labute approximate surface area is 95.8 Å². The molecule has 0 spiro atoms. The molecule has 0 aromatic heterocycles. The Morgan fingerprint density at radius 2 is 1.88 bits per heavy atom. The van der Waals surface area contributed by atoms with Crippen molar-refractivity contribution in [3.63, 3.8) is 0 Å². The lowest BCUT2D eigenvalue weighted by Gasteiger charge is -2.38. The van der Waals surface area contributed by atoms with Crippen LogP contribution in [0.1, 0.15) is 30.4 Å². The van der Waals surface area contributed by atoms with Gasteiger partial charge in [-0.3, -0.25) is 0 Å². The molecule has 1 fully saturated rings. The van der Waals surface area contributed by atoms with Crippen LogP contribution in [-0.2, 0) is 11.8 Å². The lowest BCUT2D eigenvalue weighted by atomic mass is 9.73. The van der Waals surface area contributed by atoms with E-state index in [1.54, 1.807) is 0 Å². The second kappa shape index (κ2) is 3.64. The molecule has 1 aliphatic carbocycles. The predicted octanol–water partition coefficient (Wildman–Crippen LogP) is 3.73. The van der Waals surface area contributed by atoms with Crippen molar-refractivity contribution in [3.05, 3.63) is 34.3 Å². The fraction of sp³-hybridized carbons (Fsp3) is 0.455. The summed E-state index contributed by atoms with van der Waals surface area (Å²) in [7, 11) is 0. The van der Waals surface area contributed by atoms with Gasteiger partial charge >= 0.3 is 6.18 Å². The van der Waals surface area contributed by atoms with Gasteiger partial charge in [0.1, 0.15) is 0 Å². The van der Waals surface area contributed by atoms with E-state index in [2.05, 4.69) is 0 Å². The van der Waals surface area contributed by atoms with Crippen molar-refractivity contribution in [2.24, 2.45) is 0 Å². The normalized spacial score (nSPS) is 19.3. The lowest BCUT2D eigenvalue weighted by Crippen LogP contribution is -2.35. The molecule has 1 N–H and O–H groups in total. The highest BCUT2D eigenvalue weighted by molar-refractivity contribution is 6.30. The summed E-state index contributed by atoms with van der Waals surface area (Å²) >= 11 is 5.55. The Bertz CT molecular complexity index is 410. The van der Waals surface area contributed by atoms with E-state index in [9.17, 15) is 18.3 Å². The summed E-state index contributed by atoms with van der Waals surface area (Å²) in [6.45, 7) is 0. The number of aliphatic hydroxyl groups is 1. The van der Waals surface area contributed by atoms with Gasteiger partial charge < -0.3 is 5.11 Å². The van der Waals surface area contributed by atoms with Crippen molar-refractivity contribution in [1.29, 1.82) is 0 Å². The summed E-state index contributed by atoms with van der Waals surface area (Å²) < 4.78 is 38.2. The number of halogens is 4. The zero-order valence-electron chi connectivity index (χ0n) is 8.31. The molecule has 1 aromatic rings. The zero-order valence-corrected chi connectivity index (χ0v) is 9.07. The molecule has 0 aliphatic heterocycles. The first-order valence-electron chi connectivity index (χ1n) is 4.92. The van der Waals surface area contributed by atoms with Crippen molar-refractivity contribution in [1.82, 2.24) is 0 Å². The average Bonchev–Trinajstić information content (AvgIpc) is 2.13. The van der Waals surface area contributed by atoms with Crippen LogP contribution in [0.2, 0.25) is 5.02 Å². The molecule has 88 valence electrons. The molecule has 0 atom stereocenters. The molecule has 1 aromatic carbocycles. The minimum absolute atomic E-state index is 0.0269. The van der Waals surface area contributed by atoms with E-state index in [-0.39, 0.29) is 10.6 Å². The second-order valence-electron chi connectivity index (χ2n) is 4.07. The van der Waals surface area contributed by atoms with E-state index >= 15 is 0 Å². The molecule has 5 heteroatoms. The smallest absolute Gasteiger partial charge is 0.385 e. The first-order valence-corrected chi connectivity index (χ1v) is 5.30. The van der Waals surface area contributed by atoms with E-state index < -0.39 is 17.3 Å². The molecule has 16 heavy (non-hydrogen) atoms. The zero-order chi connectivity index (χ0) is 12.0. The molecule has 2 rings (SSSR count). The molecule has 1 aliphatic rings. The summed E-state index contributed by atoms with van der Waals surface area (Å²) in [5.41, 5.74) is -2.21. The molecule has 0 heterocycles. The molecule has 0 unspecified atom stereocenters. The SMILES string of the molecule is OC1(c2ccc(Cl)cc2C(F)(F)F)CCC1. The van der Waals surface area contributed by atoms with Crippen molar-refractivity contribution in [3.8, 4) is 0 Å². The van der Waals surface area contributed by atoms with Crippen LogP contribution in [-0.4, -0.2) is 5.11 Å². The van der Waals surface area contributed by atoms with E-state index in [0.717, 1.165) is 12.5 Å². The summed E-state index contributed by atoms with van der Waals surface area (Å²) in [4.78, 5) is 0. The van der Waals surface area contributed by atoms with Crippen LogP contribution in [0.15, 0.2) is 18.2 Å². The van der Waals surface area contributed by atoms with E-state index in [0.29, 0.717) is 12.8 Å². The van der Waals surface area contributed by atoms with Crippen molar-refractivity contribution < 1.29 is 18.3 Å². The monoisotopic (exact) mass is 250 g/mol. The van der Waals surface area contributed by atoms with Crippen LogP contribution in [0, 0.1) is 0 Å². The molecule has 0 radical (unpaired) electrons. The summed E-state index contributed by atoms with van der Waals surface area (Å²) in [5, 5.41) is 10.0. The highest BCUT2D eigenvalue weighted by Crippen LogP contribution is 2.46. The Morgan fingerprint density at radius 3 is 2.31 bits per heavy atom. The number of rotatable bonds is 1. The molecular formula is C11H10ClF3O. The van der Waals surface area contributed by atoms with Gasteiger partial charge in [0.25, 0.3) is 0 Å². The fourth-order valence-electron chi connectivity index (χ4n) is 1.94. The van der Waals surface area contributed by atoms with Crippen molar-refractivity contribution in [2.45, 2.75) is 31.0 Å². The molecule has 0 saturated heterocycles. The predicted molar refractivity (Wildman–Crippen MR) is 54.2 cm³/mol. The van der Waals surface area contributed by atoms with Crippen LogP contribution >= 0.6 is 11.6 Å². The molecule has 0 bridgehead atoms. The van der Waals surface area contributed by atoms with E-state index in [1.807, 2.05) is 0 Å². The second-order valence-corrected chi connectivity index (χ2v) is 4.51. The van der Waals surface area contributed by atoms with Crippen LogP contribution in [0.5, 0.6) is 0 Å². The minimum atomic E-state index is -4.48. The third-order valence-corrected chi connectivity index (χ3v) is 3.20. The number of hydrogen-bond acceptors (Lipinski definition) is 1. The Hall–Kier alpha value is -0.740. The van der Waals surface area contributed by atoms with Crippen LogP contribution in [0.4, 0.5) is 13.2 Å². The van der Waals surface area contributed by atoms with Gasteiger partial charge in [0.05, 0.1) is 11.2 Å². The summed E-state index contributed by atoms with van der Waals surface area (Å²) in [6, 6.07) is 3.51. The van der Waals surface area contributed by atoms with Gasteiger partial charge in [-0.1, -0.05) is 17.7 Å². The molecular weight excluding hydrogens is 241 g/mol. The number of benzene rings is 1. The van der Waals surface area contributed by atoms with Gasteiger partial charge in [0, 0.05) is 5.02 Å². The van der Waals surface area contributed by atoms with Gasteiger partial charge in [-0.25, -0.2) is 0 Å². The Kier molecular flexibility index (Phi) is 2.67. The molecule has 1 saturated carbocycles. The third-order valence-electron chi connectivity index (χ3n) is 2.97. The maximum absolute atomic E-state index is 12.7. The standard InChI is InChI=1S/C11H10ClF3O/c12-7-2-3-8(10(16)4-1-5-10)9(6-7)11(13,14)15/h2-3,6,16H,1,4-5H2. The van der Waals surface area contributed by atoms with Gasteiger partial charge in [-0.15, -0.1) is 0 Å². The topological polar surface area (TPSA) is 20.2 Å². The van der Waals surface area contributed by atoms with Gasteiger partial charge in [-0.05, 0) is 37.0 Å². The maximum atomic E-state index is 12.7. The highest BCUT2D eigenvalue weighted by Gasteiger charge is 2.44. The van der Waals surface area contributed by atoms with Gasteiger partial charge in [0.15, 0.2) is 0 Å². The Morgan fingerprint density at radius 1 is 1.25 bits per heavy atom. The van der Waals surface area contributed by atoms with Crippen LogP contribution < -0.4 is 0 Å². The lowest BCUT2D eigenvalue weighted by molar-refractivity contribution is -0.142. The number of alkyl halides is 3. The van der Waals surface area contributed by atoms with Crippen LogP contribution in [0.25, 0.3) is 0 Å². The minimum Gasteiger partial charge on any atom is -0.385 e. The first kappa shape index (κ1) is 11.7. The third kappa shape index (κ3) is 1.92. The van der Waals surface area contributed by atoms with E-state index in [1.165, 1.54) is 12.1 Å². The fourth-order valence-corrected chi connectivity index (χ4v) is 2.11. The Balaban J connectivity index is 2.52. The quantitative estimate of drug-likeness (QED) is 0.805. The van der Waals surface area contributed by atoms with Crippen LogP contribution in [0.3, 0.4) is 0 Å². The molecule has 0 amide bonds. The highest BCUT2D eigenvalue weighted by atomic mass is 35.5. The van der Waals surface area contributed by atoms with E-state index in [4.69, 9.17) is 11.6 Å². The summed E-state index contributed by atoms with van der Waals surface area (Å²) in [6.07, 6.45) is -2.99. The molecule has 1 nitrogen and oxygen atoms in total. The van der Waals surface area contributed by atoms with Gasteiger partial charge in [0.2, 0.25) is 0 Å². The number of hydrogen-bond donors (Lipinski definition) is 1. The maximum Gasteiger partial charge on any atom is 0.416 e. The van der Waals surface area contributed by atoms with Gasteiger partial charge in [-0.2, -0.15) is 13.2 Å². The average molecular weight is 251 g/mol. The van der Waals surface area contributed by atoms with Crippen molar-refractivity contribution in [2.75, 3.05) is 0 Å².